The molecule has 0 aromatic heterocycles. The molecule has 2 rings (SSSR count). The van der Waals surface area contributed by atoms with Gasteiger partial charge in [0.1, 0.15) is 11.9 Å². The van der Waals surface area contributed by atoms with Crippen LogP contribution in [0.25, 0.3) is 0 Å². The fourth-order valence-electron chi connectivity index (χ4n) is 2.19. The summed E-state index contributed by atoms with van der Waals surface area (Å²) in [4.78, 5) is 0. The molecule has 0 aliphatic heterocycles. The molecule has 0 unspecified atom stereocenters. The van der Waals surface area contributed by atoms with Crippen molar-refractivity contribution in [2.24, 2.45) is 5.92 Å². The van der Waals surface area contributed by atoms with E-state index in [4.69, 9.17) is 4.74 Å². The quantitative estimate of drug-likeness (QED) is 0.566. The molecular formula is C22H34O. The van der Waals surface area contributed by atoms with E-state index < -0.39 is 0 Å². The van der Waals surface area contributed by atoms with Crippen molar-refractivity contribution in [2.45, 2.75) is 61.0 Å². The minimum Gasteiger partial charge on any atom is -0.485 e. The van der Waals surface area contributed by atoms with Gasteiger partial charge in [0.15, 0.2) is 0 Å². The minimum atomic E-state index is 0.118. The lowest BCUT2D eigenvalue weighted by Crippen LogP contribution is -2.16. The van der Waals surface area contributed by atoms with E-state index >= 15 is 0 Å². The Morgan fingerprint density at radius 3 is 1.87 bits per heavy atom. The molecule has 128 valence electrons. The molecule has 1 heteroatoms. The zero-order valence-corrected chi connectivity index (χ0v) is 16.0. The Balaban J connectivity index is 0.00000112. The van der Waals surface area contributed by atoms with E-state index in [0.29, 0.717) is 5.92 Å². The summed E-state index contributed by atoms with van der Waals surface area (Å²) in [5.41, 5.74) is 2.44. The monoisotopic (exact) mass is 314 g/mol. The number of aryl methyl sites for hydroxylation is 1. The van der Waals surface area contributed by atoms with Crippen molar-refractivity contribution in [3.05, 3.63) is 65.7 Å². The van der Waals surface area contributed by atoms with E-state index in [2.05, 4.69) is 51.1 Å². The third-order valence-electron chi connectivity index (χ3n) is 3.64. The summed E-state index contributed by atoms with van der Waals surface area (Å²) in [6.07, 6.45) is 1.22. The second kappa shape index (κ2) is 12.8. The molecule has 0 radical (unpaired) electrons. The van der Waals surface area contributed by atoms with Crippen LogP contribution in [0.2, 0.25) is 0 Å². The minimum absolute atomic E-state index is 0.118. The molecule has 0 spiro atoms. The van der Waals surface area contributed by atoms with Crippen molar-refractivity contribution < 1.29 is 4.74 Å². The third-order valence-corrected chi connectivity index (χ3v) is 3.64. The van der Waals surface area contributed by atoms with Crippen LogP contribution in [0.4, 0.5) is 0 Å². The maximum absolute atomic E-state index is 6.28. The lowest BCUT2D eigenvalue weighted by atomic mass is 9.95. The average molecular weight is 315 g/mol. The van der Waals surface area contributed by atoms with Crippen LogP contribution in [0.1, 0.15) is 65.2 Å². The van der Waals surface area contributed by atoms with Crippen molar-refractivity contribution in [1.29, 1.82) is 0 Å². The van der Waals surface area contributed by atoms with Crippen LogP contribution in [-0.2, 0) is 0 Å². The van der Waals surface area contributed by atoms with Gasteiger partial charge < -0.3 is 4.74 Å². The van der Waals surface area contributed by atoms with E-state index in [1.54, 1.807) is 0 Å². The standard InChI is InChI=1S/C18H22O.2C2H6/c1-4-14(2)18(16-11-6-5-7-12-16)19-17-13-9-8-10-15(17)3;2*1-2/h5-14,18H,4H2,1-3H3;2*1-2H3/t14-,18-;;/m1../s1. The Morgan fingerprint density at radius 1 is 0.826 bits per heavy atom. The predicted octanol–water partition coefficient (Wildman–Crippen LogP) is 7.21. The second-order valence-corrected chi connectivity index (χ2v) is 5.10. The topological polar surface area (TPSA) is 9.23 Å². The van der Waals surface area contributed by atoms with Crippen LogP contribution in [0.15, 0.2) is 54.6 Å². The first kappa shape index (κ1) is 21.2. The van der Waals surface area contributed by atoms with Gasteiger partial charge in [-0.15, -0.1) is 0 Å². The van der Waals surface area contributed by atoms with Crippen LogP contribution in [0.5, 0.6) is 5.75 Å². The molecule has 1 nitrogen and oxygen atoms in total. The third kappa shape index (κ3) is 6.90. The Morgan fingerprint density at radius 2 is 1.35 bits per heavy atom. The second-order valence-electron chi connectivity index (χ2n) is 5.10. The normalized spacial score (nSPS) is 12.0. The summed E-state index contributed by atoms with van der Waals surface area (Å²) in [5, 5.41) is 0. The Kier molecular flexibility index (Phi) is 11.8. The molecule has 2 aromatic carbocycles. The van der Waals surface area contributed by atoms with Gasteiger partial charge >= 0.3 is 0 Å². The lowest BCUT2D eigenvalue weighted by Gasteiger charge is -2.25. The predicted molar refractivity (Wildman–Crippen MR) is 103 cm³/mol. The van der Waals surface area contributed by atoms with Crippen LogP contribution < -0.4 is 4.74 Å². The van der Waals surface area contributed by atoms with E-state index in [1.807, 2.05) is 52.0 Å². The smallest absolute Gasteiger partial charge is 0.126 e. The Bertz CT molecular complexity index is 504. The fourth-order valence-corrected chi connectivity index (χ4v) is 2.19. The van der Waals surface area contributed by atoms with E-state index in [1.165, 1.54) is 11.1 Å². The SMILES string of the molecule is CC.CC.CC[C@@H](C)[C@@H](Oc1ccccc1C)c1ccccc1. The summed E-state index contributed by atoms with van der Waals surface area (Å²) in [6.45, 7) is 14.5. The molecule has 0 amide bonds. The first-order valence-corrected chi connectivity index (χ1v) is 8.99. The fraction of sp³-hybridized carbons (Fsp3) is 0.455. The summed E-state index contributed by atoms with van der Waals surface area (Å²) >= 11 is 0. The van der Waals surface area contributed by atoms with Gasteiger partial charge in [0.2, 0.25) is 0 Å². The van der Waals surface area contributed by atoms with Crippen LogP contribution in [-0.4, -0.2) is 0 Å². The number of para-hydroxylation sites is 1. The summed E-state index contributed by atoms with van der Waals surface area (Å²) in [7, 11) is 0. The number of benzene rings is 2. The summed E-state index contributed by atoms with van der Waals surface area (Å²) < 4.78 is 6.28. The number of hydrogen-bond acceptors (Lipinski definition) is 1. The highest BCUT2D eigenvalue weighted by molar-refractivity contribution is 5.33. The number of ether oxygens (including phenoxy) is 1. The van der Waals surface area contributed by atoms with Crippen LogP contribution in [0, 0.1) is 12.8 Å². The van der Waals surface area contributed by atoms with Crippen molar-refractivity contribution >= 4 is 0 Å². The van der Waals surface area contributed by atoms with Crippen LogP contribution >= 0.6 is 0 Å². The molecule has 0 aliphatic rings. The summed E-state index contributed by atoms with van der Waals surface area (Å²) in [6, 6.07) is 18.7. The molecule has 23 heavy (non-hydrogen) atoms. The number of rotatable bonds is 5. The summed E-state index contributed by atoms with van der Waals surface area (Å²) in [5.74, 6) is 1.47. The first-order chi connectivity index (χ1) is 11.2. The Hall–Kier alpha value is -1.76. The zero-order valence-electron chi connectivity index (χ0n) is 16.0. The van der Waals surface area contributed by atoms with E-state index in [-0.39, 0.29) is 6.10 Å². The molecule has 0 heterocycles. The number of hydrogen-bond donors (Lipinski definition) is 0. The molecule has 0 aliphatic carbocycles. The van der Waals surface area contributed by atoms with Gasteiger partial charge in [-0.25, -0.2) is 0 Å². The lowest BCUT2D eigenvalue weighted by molar-refractivity contribution is 0.140. The van der Waals surface area contributed by atoms with Gasteiger partial charge in [-0.05, 0) is 36.5 Å². The highest BCUT2D eigenvalue weighted by atomic mass is 16.5. The van der Waals surface area contributed by atoms with Gasteiger partial charge in [-0.1, -0.05) is 90.1 Å². The Labute approximate surface area is 143 Å². The molecule has 2 atom stereocenters. The van der Waals surface area contributed by atoms with Gasteiger partial charge in [0.05, 0.1) is 0 Å². The average Bonchev–Trinajstić information content (AvgIpc) is 2.64. The molecule has 2 aromatic rings. The highest BCUT2D eigenvalue weighted by Crippen LogP contribution is 2.31. The van der Waals surface area contributed by atoms with E-state index in [9.17, 15) is 0 Å². The largest absolute Gasteiger partial charge is 0.485 e. The van der Waals surface area contributed by atoms with Gasteiger partial charge in [-0.3, -0.25) is 0 Å². The van der Waals surface area contributed by atoms with Crippen molar-refractivity contribution in [3.8, 4) is 5.75 Å². The highest BCUT2D eigenvalue weighted by Gasteiger charge is 2.20. The van der Waals surface area contributed by atoms with Gasteiger partial charge in [0, 0.05) is 0 Å². The zero-order chi connectivity index (χ0) is 17.7. The molecule has 0 fully saturated rings. The van der Waals surface area contributed by atoms with Crippen LogP contribution in [0.3, 0.4) is 0 Å². The van der Waals surface area contributed by atoms with Crippen molar-refractivity contribution in [2.75, 3.05) is 0 Å². The van der Waals surface area contributed by atoms with E-state index in [0.717, 1.165) is 12.2 Å². The molecule has 0 bridgehead atoms. The maximum Gasteiger partial charge on any atom is 0.126 e. The molecule has 0 saturated heterocycles. The molecular weight excluding hydrogens is 280 g/mol. The molecule has 0 saturated carbocycles. The maximum atomic E-state index is 6.28. The van der Waals surface area contributed by atoms with Crippen molar-refractivity contribution in [1.82, 2.24) is 0 Å². The van der Waals surface area contributed by atoms with Gasteiger partial charge in [0.25, 0.3) is 0 Å². The molecule has 0 N–H and O–H groups in total. The first-order valence-electron chi connectivity index (χ1n) is 8.99. The van der Waals surface area contributed by atoms with Crippen molar-refractivity contribution in [3.63, 3.8) is 0 Å². The van der Waals surface area contributed by atoms with Gasteiger partial charge in [-0.2, -0.15) is 0 Å².